The molecular weight excluding hydrogens is 270 g/mol. The van der Waals surface area contributed by atoms with Crippen LogP contribution < -0.4 is 4.90 Å². The van der Waals surface area contributed by atoms with Gasteiger partial charge in [-0.1, -0.05) is 12.5 Å². The Bertz CT molecular complexity index is 667. The fourth-order valence-corrected chi connectivity index (χ4v) is 1.88. The monoisotopic (exact) mass is 283 g/mol. The fourth-order valence-electron chi connectivity index (χ4n) is 1.88. The van der Waals surface area contributed by atoms with Crippen molar-refractivity contribution in [3.05, 3.63) is 42.0 Å². The number of hydrogen-bond donors (Lipinski definition) is 0. The van der Waals surface area contributed by atoms with Gasteiger partial charge in [-0.25, -0.2) is 9.69 Å². The predicted molar refractivity (Wildman–Crippen MR) is 76.4 cm³/mol. The van der Waals surface area contributed by atoms with Crippen molar-refractivity contribution in [2.75, 3.05) is 4.90 Å². The lowest BCUT2D eigenvalue weighted by Crippen LogP contribution is -2.28. The van der Waals surface area contributed by atoms with Gasteiger partial charge in [0.05, 0.1) is 17.7 Å². The summed E-state index contributed by atoms with van der Waals surface area (Å²) in [4.78, 5) is 36.3. The second-order valence-corrected chi connectivity index (χ2v) is 4.58. The maximum atomic E-state index is 11.8. The van der Waals surface area contributed by atoms with Gasteiger partial charge in [0.1, 0.15) is 0 Å². The smallest absolute Gasteiger partial charge is 0.339 e. The summed E-state index contributed by atoms with van der Waals surface area (Å²) in [6.45, 7) is 5.13. The largest absolute Gasteiger partial charge is 0.446 e. The minimum Gasteiger partial charge on any atom is -0.446 e. The van der Waals surface area contributed by atoms with Crippen LogP contribution in [-0.2, 0) is 14.3 Å². The molecule has 0 bridgehead atoms. The first kappa shape index (κ1) is 14.5. The van der Waals surface area contributed by atoms with Crippen molar-refractivity contribution in [2.45, 2.75) is 19.4 Å². The zero-order chi connectivity index (χ0) is 15.6. The maximum Gasteiger partial charge on any atom is 0.339 e. The number of carbonyl (C=O) groups excluding carboxylic acids is 3. The predicted octanol–water partition coefficient (Wildman–Crippen LogP) is 1.68. The van der Waals surface area contributed by atoms with Gasteiger partial charge in [0, 0.05) is 5.57 Å². The van der Waals surface area contributed by atoms with Gasteiger partial charge >= 0.3 is 5.97 Å². The molecule has 21 heavy (non-hydrogen) atoms. The molecule has 1 aromatic rings. The van der Waals surface area contributed by atoms with Gasteiger partial charge in [-0.05, 0) is 31.2 Å². The second kappa shape index (κ2) is 5.63. The summed E-state index contributed by atoms with van der Waals surface area (Å²) < 4.78 is 4.97. The summed E-state index contributed by atoms with van der Waals surface area (Å²) in [5.41, 5.74) is 0.940. The molecule has 0 radical (unpaired) electrons. The van der Waals surface area contributed by atoms with Crippen LogP contribution in [0.25, 0.3) is 0 Å². The summed E-state index contributed by atoms with van der Waals surface area (Å²) in [6.07, 6.45) is 4.52. The molecule has 1 atom stereocenters. The Balaban J connectivity index is 2.18. The van der Waals surface area contributed by atoms with Crippen molar-refractivity contribution in [3.63, 3.8) is 0 Å². The normalized spacial score (nSPS) is 15.8. The molecule has 106 valence electrons. The molecular formula is C16H13NO4. The molecule has 0 aliphatic carbocycles. The average molecular weight is 283 g/mol. The standard InChI is InChI=1S/C16H13NO4/c1-4-11(3)21-16(20)12-5-7-13(8-6-12)17-14(18)9-10(2)15(17)19/h1,5-8,11H,2,9H2,3H3. The molecule has 1 unspecified atom stereocenters. The van der Waals surface area contributed by atoms with Crippen molar-refractivity contribution in [3.8, 4) is 12.3 Å². The van der Waals surface area contributed by atoms with Crippen molar-refractivity contribution >= 4 is 23.5 Å². The molecule has 1 fully saturated rings. The quantitative estimate of drug-likeness (QED) is 0.366. The summed E-state index contributed by atoms with van der Waals surface area (Å²) in [5, 5.41) is 0. The minimum absolute atomic E-state index is 0.0162. The molecule has 5 heteroatoms. The first-order chi connectivity index (χ1) is 9.93. The molecule has 0 aromatic heterocycles. The lowest BCUT2D eigenvalue weighted by Gasteiger charge is -2.14. The van der Waals surface area contributed by atoms with Gasteiger partial charge < -0.3 is 4.74 Å². The third kappa shape index (κ3) is 2.84. The summed E-state index contributed by atoms with van der Waals surface area (Å²) in [5.74, 6) is 0.976. The van der Waals surface area contributed by atoms with E-state index >= 15 is 0 Å². The van der Waals surface area contributed by atoms with Crippen molar-refractivity contribution in [1.82, 2.24) is 0 Å². The summed E-state index contributed by atoms with van der Waals surface area (Å²) in [6, 6.07) is 5.96. The molecule has 2 amide bonds. The van der Waals surface area contributed by atoms with Crippen LogP contribution in [0.2, 0.25) is 0 Å². The molecule has 5 nitrogen and oxygen atoms in total. The molecule has 1 saturated heterocycles. The number of nitrogens with zero attached hydrogens (tertiary/aromatic N) is 1. The zero-order valence-corrected chi connectivity index (χ0v) is 11.5. The highest BCUT2D eigenvalue weighted by Crippen LogP contribution is 2.25. The summed E-state index contributed by atoms with van der Waals surface area (Å²) in [7, 11) is 0. The van der Waals surface area contributed by atoms with Crippen LogP contribution in [0.4, 0.5) is 5.69 Å². The number of hydrogen-bond acceptors (Lipinski definition) is 4. The number of esters is 1. The number of carbonyl (C=O) groups is 3. The molecule has 0 spiro atoms. The Morgan fingerprint density at radius 1 is 1.38 bits per heavy atom. The van der Waals surface area contributed by atoms with Crippen LogP contribution in [0.1, 0.15) is 23.7 Å². The maximum absolute atomic E-state index is 11.8. The van der Waals surface area contributed by atoms with E-state index in [0.29, 0.717) is 11.3 Å². The van der Waals surface area contributed by atoms with Gasteiger partial charge in [-0.3, -0.25) is 9.59 Å². The molecule has 1 aromatic carbocycles. The van der Waals surface area contributed by atoms with E-state index in [4.69, 9.17) is 11.2 Å². The third-order valence-electron chi connectivity index (χ3n) is 3.00. The van der Waals surface area contributed by atoms with Gasteiger partial charge in [0.25, 0.3) is 5.91 Å². The number of rotatable bonds is 3. The van der Waals surface area contributed by atoms with E-state index in [2.05, 4.69) is 12.5 Å². The third-order valence-corrected chi connectivity index (χ3v) is 3.00. The molecule has 1 aliphatic heterocycles. The lowest BCUT2D eigenvalue weighted by molar-refractivity contribution is -0.120. The number of amides is 2. The highest BCUT2D eigenvalue weighted by atomic mass is 16.5. The highest BCUT2D eigenvalue weighted by Gasteiger charge is 2.33. The molecule has 1 heterocycles. The van der Waals surface area contributed by atoms with Crippen LogP contribution in [0.3, 0.4) is 0 Å². The first-order valence-electron chi connectivity index (χ1n) is 6.26. The number of anilines is 1. The van der Waals surface area contributed by atoms with Gasteiger partial charge in [0.15, 0.2) is 6.10 Å². The van der Waals surface area contributed by atoms with Crippen molar-refractivity contribution in [2.24, 2.45) is 0 Å². The Hall–Kier alpha value is -2.87. The Morgan fingerprint density at radius 2 is 2.00 bits per heavy atom. The van der Waals surface area contributed by atoms with Crippen LogP contribution in [0.5, 0.6) is 0 Å². The molecule has 0 N–H and O–H groups in total. The van der Waals surface area contributed by atoms with E-state index in [9.17, 15) is 14.4 Å². The Kier molecular flexibility index (Phi) is 3.90. The molecule has 2 rings (SSSR count). The minimum atomic E-state index is -0.623. The molecule has 0 saturated carbocycles. The van der Waals surface area contributed by atoms with Crippen molar-refractivity contribution < 1.29 is 19.1 Å². The van der Waals surface area contributed by atoms with Crippen LogP contribution in [-0.4, -0.2) is 23.9 Å². The van der Waals surface area contributed by atoms with Crippen LogP contribution in [0, 0.1) is 12.3 Å². The van der Waals surface area contributed by atoms with Crippen LogP contribution >= 0.6 is 0 Å². The van der Waals surface area contributed by atoms with Gasteiger partial charge in [-0.15, -0.1) is 6.42 Å². The topological polar surface area (TPSA) is 63.7 Å². The SMILES string of the molecule is C#CC(C)OC(=O)c1ccc(N2C(=O)CC(=C)C2=O)cc1. The lowest BCUT2D eigenvalue weighted by atomic mass is 10.2. The second-order valence-electron chi connectivity index (χ2n) is 4.58. The number of terminal acetylenes is 1. The van der Waals surface area contributed by atoms with E-state index in [1.165, 1.54) is 24.3 Å². The van der Waals surface area contributed by atoms with E-state index in [1.807, 2.05) is 0 Å². The van der Waals surface area contributed by atoms with Gasteiger partial charge in [-0.2, -0.15) is 0 Å². The summed E-state index contributed by atoms with van der Waals surface area (Å²) >= 11 is 0. The van der Waals surface area contributed by atoms with E-state index in [-0.39, 0.29) is 17.9 Å². The van der Waals surface area contributed by atoms with Gasteiger partial charge in [0.2, 0.25) is 5.91 Å². The highest BCUT2D eigenvalue weighted by molar-refractivity contribution is 6.27. The van der Waals surface area contributed by atoms with Crippen LogP contribution in [0.15, 0.2) is 36.4 Å². The number of benzene rings is 1. The number of ether oxygens (including phenoxy) is 1. The van der Waals surface area contributed by atoms with E-state index in [1.54, 1.807) is 6.92 Å². The van der Waals surface area contributed by atoms with E-state index < -0.39 is 18.0 Å². The van der Waals surface area contributed by atoms with Crippen molar-refractivity contribution in [1.29, 1.82) is 0 Å². The molecule has 1 aliphatic rings. The number of imide groups is 1. The fraction of sp³-hybridized carbons (Fsp3) is 0.188. The average Bonchev–Trinajstić information content (AvgIpc) is 2.72. The Labute approximate surface area is 122 Å². The van der Waals surface area contributed by atoms with E-state index in [0.717, 1.165) is 4.90 Å². The zero-order valence-electron chi connectivity index (χ0n) is 11.5. The first-order valence-corrected chi connectivity index (χ1v) is 6.26. The Morgan fingerprint density at radius 3 is 2.48 bits per heavy atom.